The predicted octanol–water partition coefficient (Wildman–Crippen LogP) is 2.51. The summed E-state index contributed by atoms with van der Waals surface area (Å²) >= 11 is 1.46. The van der Waals surface area contributed by atoms with Gasteiger partial charge in [-0.3, -0.25) is 0 Å². The fourth-order valence-corrected chi connectivity index (χ4v) is 2.63. The van der Waals surface area contributed by atoms with Crippen LogP contribution in [-0.2, 0) is 0 Å². The Morgan fingerprint density at radius 2 is 2.06 bits per heavy atom. The van der Waals surface area contributed by atoms with E-state index in [1.807, 2.05) is 48.7 Å². The lowest BCUT2D eigenvalue weighted by Crippen LogP contribution is -2.15. The van der Waals surface area contributed by atoms with Gasteiger partial charge in [-0.25, -0.2) is 9.78 Å². The van der Waals surface area contributed by atoms with Crippen LogP contribution >= 0.6 is 11.3 Å². The van der Waals surface area contributed by atoms with E-state index in [1.54, 1.807) is 4.57 Å². The minimum atomic E-state index is 0.0231. The van der Waals surface area contributed by atoms with Crippen LogP contribution in [0.2, 0.25) is 0 Å². The van der Waals surface area contributed by atoms with Crippen LogP contribution in [0.5, 0.6) is 0 Å². The number of carbonyl (C=O) groups excluding carboxylic acids is 1. The van der Waals surface area contributed by atoms with Crippen molar-refractivity contribution in [3.63, 3.8) is 0 Å². The highest BCUT2D eigenvalue weighted by Gasteiger charge is 2.23. The molecule has 3 rings (SSSR count). The van der Waals surface area contributed by atoms with Gasteiger partial charge in [0.25, 0.3) is 5.82 Å². The van der Waals surface area contributed by atoms with E-state index >= 15 is 0 Å². The number of imidazole rings is 1. The molecule has 0 aliphatic carbocycles. The Morgan fingerprint density at radius 1 is 1.24 bits per heavy atom. The largest absolute Gasteiger partial charge is 0.356 e. The molecule has 17 heavy (non-hydrogen) atoms. The fraction of sp³-hybridized carbons (Fsp3) is 0.0769. The van der Waals surface area contributed by atoms with E-state index in [4.69, 9.17) is 0 Å². The highest BCUT2D eigenvalue weighted by atomic mass is 32.1. The lowest BCUT2D eigenvalue weighted by Gasteiger charge is -1.94. The Morgan fingerprint density at radius 3 is 2.82 bits per heavy atom. The van der Waals surface area contributed by atoms with Crippen molar-refractivity contribution < 1.29 is 9.78 Å². The maximum Gasteiger partial charge on any atom is 0.356 e. The number of benzene rings is 1. The van der Waals surface area contributed by atoms with Crippen LogP contribution in [0.4, 0.5) is 0 Å². The van der Waals surface area contributed by atoms with Gasteiger partial charge >= 0.3 is 5.91 Å². The number of carbonyl (C=O) groups is 1. The van der Waals surface area contributed by atoms with Gasteiger partial charge in [-0.05, 0) is 23.6 Å². The van der Waals surface area contributed by atoms with Crippen LogP contribution < -0.4 is 4.98 Å². The molecule has 3 aromatic rings. The highest BCUT2D eigenvalue weighted by Crippen LogP contribution is 2.17. The number of aromatic amines is 1. The molecule has 84 valence electrons. The molecule has 4 heteroatoms. The Hall–Kier alpha value is -1.94. The Labute approximate surface area is 102 Å². The average Bonchev–Trinajstić information content (AvgIpc) is 2.94. The van der Waals surface area contributed by atoms with Gasteiger partial charge in [-0.15, -0.1) is 11.3 Å². The molecular weight excluding hydrogens is 232 g/mol. The molecule has 3 nitrogen and oxygen atoms in total. The number of H-pyrrole nitrogens is 1. The van der Waals surface area contributed by atoms with E-state index in [2.05, 4.69) is 4.98 Å². The molecule has 1 aromatic carbocycles. The Bertz CT molecular complexity index is 683. The first kappa shape index (κ1) is 10.2. The van der Waals surface area contributed by atoms with Gasteiger partial charge in [0, 0.05) is 6.92 Å². The number of para-hydroxylation sites is 2. The third kappa shape index (κ3) is 1.57. The summed E-state index contributed by atoms with van der Waals surface area (Å²) in [7, 11) is 0. The van der Waals surface area contributed by atoms with Crippen molar-refractivity contribution >= 4 is 28.3 Å². The second-order valence-electron chi connectivity index (χ2n) is 3.85. The summed E-state index contributed by atoms with van der Waals surface area (Å²) < 4.78 is 1.72. The van der Waals surface area contributed by atoms with Gasteiger partial charge in [0.1, 0.15) is 4.88 Å². The number of aryl methyl sites for hydroxylation is 1. The zero-order valence-corrected chi connectivity index (χ0v) is 10.1. The third-order valence-electron chi connectivity index (χ3n) is 2.73. The topological polar surface area (TPSA) is 36.1 Å². The summed E-state index contributed by atoms with van der Waals surface area (Å²) in [6.07, 6.45) is 0. The first-order valence-corrected chi connectivity index (χ1v) is 6.23. The molecule has 0 saturated carbocycles. The zero-order valence-electron chi connectivity index (χ0n) is 9.31. The lowest BCUT2D eigenvalue weighted by atomic mass is 10.3. The first-order valence-electron chi connectivity index (χ1n) is 5.35. The molecule has 0 aliphatic rings. The Balaban J connectivity index is 2.24. The van der Waals surface area contributed by atoms with Crippen molar-refractivity contribution in [2.45, 2.75) is 6.92 Å². The van der Waals surface area contributed by atoms with Crippen LogP contribution in [-0.4, -0.2) is 10.5 Å². The molecule has 0 radical (unpaired) electrons. The smallest absolute Gasteiger partial charge is 0.241 e. The summed E-state index contributed by atoms with van der Waals surface area (Å²) in [6.45, 7) is 1.91. The minimum Gasteiger partial charge on any atom is -0.241 e. The van der Waals surface area contributed by atoms with Crippen LogP contribution in [0, 0.1) is 6.92 Å². The SMILES string of the molecule is Cc1[nH+]c2ccccc2n1C(=O)c1cccs1. The summed E-state index contributed by atoms with van der Waals surface area (Å²) in [6, 6.07) is 11.6. The zero-order chi connectivity index (χ0) is 11.8. The van der Waals surface area contributed by atoms with Crippen molar-refractivity contribution in [3.05, 3.63) is 52.5 Å². The molecule has 2 aromatic heterocycles. The highest BCUT2D eigenvalue weighted by molar-refractivity contribution is 7.12. The van der Waals surface area contributed by atoms with E-state index in [0.717, 1.165) is 21.7 Å². The molecule has 0 spiro atoms. The molecular formula is C13H11N2OS+. The van der Waals surface area contributed by atoms with Crippen LogP contribution in [0.3, 0.4) is 0 Å². The fourth-order valence-electron chi connectivity index (χ4n) is 1.98. The number of rotatable bonds is 1. The average molecular weight is 243 g/mol. The van der Waals surface area contributed by atoms with Gasteiger partial charge in [0.05, 0.1) is 0 Å². The molecule has 0 atom stereocenters. The summed E-state index contributed by atoms with van der Waals surface area (Å²) in [5, 5.41) is 1.91. The van der Waals surface area contributed by atoms with Crippen molar-refractivity contribution in [2.24, 2.45) is 0 Å². The molecule has 0 saturated heterocycles. The molecule has 0 fully saturated rings. The number of fused-ring (bicyclic) bond motifs is 1. The van der Waals surface area contributed by atoms with Gasteiger partial charge in [0.15, 0.2) is 11.0 Å². The second kappa shape index (κ2) is 3.82. The number of hydrogen-bond donors (Lipinski definition) is 0. The van der Waals surface area contributed by atoms with Crippen molar-refractivity contribution in [1.82, 2.24) is 4.57 Å². The molecule has 0 unspecified atom stereocenters. The monoisotopic (exact) mass is 243 g/mol. The Kier molecular flexibility index (Phi) is 2.30. The maximum absolute atomic E-state index is 12.4. The second-order valence-corrected chi connectivity index (χ2v) is 4.79. The van der Waals surface area contributed by atoms with Crippen LogP contribution in [0.1, 0.15) is 15.5 Å². The van der Waals surface area contributed by atoms with E-state index in [-0.39, 0.29) is 5.91 Å². The summed E-state index contributed by atoms with van der Waals surface area (Å²) in [5.74, 6) is 0.875. The molecule has 0 amide bonds. The molecule has 0 aliphatic heterocycles. The normalized spacial score (nSPS) is 10.9. The van der Waals surface area contributed by atoms with Gasteiger partial charge in [0.2, 0.25) is 0 Å². The third-order valence-corrected chi connectivity index (χ3v) is 3.59. The predicted molar refractivity (Wildman–Crippen MR) is 67.3 cm³/mol. The maximum atomic E-state index is 12.4. The van der Waals surface area contributed by atoms with Crippen LogP contribution in [0.15, 0.2) is 41.8 Å². The molecule has 0 bridgehead atoms. The number of aromatic nitrogens is 2. The standard InChI is InChI=1S/C13H10N2OS/c1-9-14-10-5-2-3-6-11(10)15(9)13(16)12-7-4-8-17-12/h2-8H,1H3/p+1. The first-order chi connectivity index (χ1) is 8.27. The quantitative estimate of drug-likeness (QED) is 0.647. The van der Waals surface area contributed by atoms with Crippen molar-refractivity contribution in [3.8, 4) is 0 Å². The van der Waals surface area contributed by atoms with E-state index < -0.39 is 0 Å². The number of thiophene rings is 1. The van der Waals surface area contributed by atoms with E-state index in [0.29, 0.717) is 0 Å². The number of nitrogens with one attached hydrogen (secondary N) is 1. The number of hydrogen-bond acceptors (Lipinski definition) is 2. The van der Waals surface area contributed by atoms with Gasteiger partial charge < -0.3 is 0 Å². The molecule has 2 heterocycles. The van der Waals surface area contributed by atoms with Crippen molar-refractivity contribution in [2.75, 3.05) is 0 Å². The van der Waals surface area contributed by atoms with Crippen LogP contribution in [0.25, 0.3) is 11.0 Å². The molecule has 1 N–H and O–H groups in total. The minimum absolute atomic E-state index is 0.0231. The summed E-state index contributed by atoms with van der Waals surface area (Å²) in [4.78, 5) is 16.3. The number of nitrogens with zero attached hydrogens (tertiary/aromatic N) is 1. The van der Waals surface area contributed by atoms with E-state index in [9.17, 15) is 4.79 Å². The summed E-state index contributed by atoms with van der Waals surface area (Å²) in [5.41, 5.74) is 1.90. The van der Waals surface area contributed by atoms with E-state index in [1.165, 1.54) is 11.3 Å². The van der Waals surface area contributed by atoms with Gasteiger partial charge in [-0.2, -0.15) is 4.57 Å². The van der Waals surface area contributed by atoms with Crippen molar-refractivity contribution in [1.29, 1.82) is 0 Å². The lowest BCUT2D eigenvalue weighted by molar-refractivity contribution is -0.356. The van der Waals surface area contributed by atoms with Gasteiger partial charge in [-0.1, -0.05) is 18.2 Å².